The van der Waals surface area contributed by atoms with Gasteiger partial charge in [-0.1, -0.05) is 6.07 Å². The minimum Gasteiger partial charge on any atom is -0.293 e. The van der Waals surface area contributed by atoms with Gasteiger partial charge in [0.25, 0.3) is 0 Å². The summed E-state index contributed by atoms with van der Waals surface area (Å²) < 4.78 is 1.64. The first kappa shape index (κ1) is 8.40. The van der Waals surface area contributed by atoms with Crippen LogP contribution in [0.3, 0.4) is 0 Å². The van der Waals surface area contributed by atoms with Gasteiger partial charge in [-0.3, -0.25) is 10.1 Å². The van der Waals surface area contributed by atoms with Gasteiger partial charge in [0.05, 0.1) is 0 Å². The second kappa shape index (κ2) is 3.05. The maximum absolute atomic E-state index is 11.5. The van der Waals surface area contributed by atoms with E-state index < -0.39 is 0 Å². The molecule has 0 radical (unpaired) electrons. The Balaban J connectivity index is 1.87. The van der Waals surface area contributed by atoms with Crippen LogP contribution >= 0.6 is 0 Å². The fourth-order valence-corrected chi connectivity index (χ4v) is 1.44. The second-order valence-corrected chi connectivity index (χ2v) is 3.70. The van der Waals surface area contributed by atoms with Crippen LogP contribution in [0.4, 0.5) is 5.95 Å². The van der Waals surface area contributed by atoms with Crippen LogP contribution in [0, 0.1) is 5.92 Å². The van der Waals surface area contributed by atoms with Crippen molar-refractivity contribution in [1.82, 2.24) is 14.6 Å². The van der Waals surface area contributed by atoms with E-state index in [2.05, 4.69) is 15.4 Å². The van der Waals surface area contributed by atoms with Gasteiger partial charge >= 0.3 is 0 Å². The van der Waals surface area contributed by atoms with Crippen molar-refractivity contribution in [3.05, 3.63) is 24.4 Å². The first-order valence-corrected chi connectivity index (χ1v) is 4.95. The van der Waals surface area contributed by atoms with Gasteiger partial charge in [-0.2, -0.15) is 4.98 Å². The molecule has 2 aromatic heterocycles. The van der Waals surface area contributed by atoms with Gasteiger partial charge in [0.15, 0.2) is 5.65 Å². The summed E-state index contributed by atoms with van der Waals surface area (Å²) in [4.78, 5) is 15.6. The van der Waals surface area contributed by atoms with Crippen LogP contribution in [0.2, 0.25) is 0 Å². The summed E-state index contributed by atoms with van der Waals surface area (Å²) >= 11 is 0. The Labute approximate surface area is 86.1 Å². The molecule has 15 heavy (non-hydrogen) atoms. The first-order chi connectivity index (χ1) is 7.33. The number of aromatic nitrogens is 3. The van der Waals surface area contributed by atoms with E-state index in [1.54, 1.807) is 10.7 Å². The summed E-state index contributed by atoms with van der Waals surface area (Å²) in [7, 11) is 0. The molecule has 1 aliphatic carbocycles. The fourth-order valence-electron chi connectivity index (χ4n) is 1.44. The van der Waals surface area contributed by atoms with E-state index in [1.165, 1.54) is 0 Å². The lowest BCUT2D eigenvalue weighted by Gasteiger charge is -1.95. The Morgan fingerprint density at radius 1 is 1.47 bits per heavy atom. The average Bonchev–Trinajstić information content (AvgIpc) is 2.99. The van der Waals surface area contributed by atoms with Gasteiger partial charge < -0.3 is 0 Å². The maximum atomic E-state index is 11.5. The number of hydrogen-bond donors (Lipinski definition) is 1. The molecule has 1 saturated carbocycles. The number of fused-ring (bicyclic) bond motifs is 1. The molecule has 2 heterocycles. The van der Waals surface area contributed by atoms with Crippen LogP contribution in [0.5, 0.6) is 0 Å². The lowest BCUT2D eigenvalue weighted by molar-refractivity contribution is -0.117. The molecule has 1 aliphatic rings. The molecule has 0 bridgehead atoms. The highest BCUT2D eigenvalue weighted by Crippen LogP contribution is 2.29. The zero-order chi connectivity index (χ0) is 10.3. The van der Waals surface area contributed by atoms with E-state index in [9.17, 15) is 4.79 Å². The summed E-state index contributed by atoms with van der Waals surface area (Å²) in [6, 6.07) is 5.60. The summed E-state index contributed by atoms with van der Waals surface area (Å²) in [6.45, 7) is 0. The van der Waals surface area contributed by atoms with E-state index >= 15 is 0 Å². The van der Waals surface area contributed by atoms with Gasteiger partial charge in [0.2, 0.25) is 11.9 Å². The molecule has 1 N–H and O–H groups in total. The Morgan fingerprint density at radius 3 is 3.07 bits per heavy atom. The van der Waals surface area contributed by atoms with Crippen LogP contribution in [0.25, 0.3) is 5.65 Å². The number of pyridine rings is 1. The maximum Gasteiger partial charge on any atom is 0.249 e. The number of nitrogens with zero attached hydrogens (tertiary/aromatic N) is 3. The molecule has 0 aliphatic heterocycles. The Bertz CT molecular complexity index is 482. The molecule has 1 fully saturated rings. The molecule has 0 spiro atoms. The molecule has 0 unspecified atom stereocenters. The minimum absolute atomic E-state index is 0.0332. The Hall–Kier alpha value is -1.91. The van der Waals surface area contributed by atoms with Crippen LogP contribution in [0.1, 0.15) is 12.8 Å². The summed E-state index contributed by atoms with van der Waals surface area (Å²) in [5.74, 6) is 0.598. The van der Waals surface area contributed by atoms with Gasteiger partial charge in [-0.15, -0.1) is 5.10 Å². The van der Waals surface area contributed by atoms with E-state index in [0.717, 1.165) is 18.5 Å². The highest BCUT2D eigenvalue weighted by molar-refractivity contribution is 5.92. The Kier molecular flexibility index (Phi) is 1.71. The highest BCUT2D eigenvalue weighted by atomic mass is 16.2. The third-order valence-corrected chi connectivity index (χ3v) is 2.42. The molecule has 1 amide bonds. The van der Waals surface area contributed by atoms with Gasteiger partial charge in [-0.05, 0) is 25.0 Å². The largest absolute Gasteiger partial charge is 0.293 e. The van der Waals surface area contributed by atoms with E-state index in [0.29, 0.717) is 5.95 Å². The van der Waals surface area contributed by atoms with Crippen LogP contribution < -0.4 is 5.32 Å². The molecule has 2 aromatic rings. The topological polar surface area (TPSA) is 59.3 Å². The van der Waals surface area contributed by atoms with E-state index in [1.807, 2.05) is 18.2 Å². The number of nitrogens with one attached hydrogen (secondary N) is 1. The normalized spacial score (nSPS) is 15.5. The average molecular weight is 202 g/mol. The third kappa shape index (κ3) is 1.56. The predicted molar refractivity (Wildman–Crippen MR) is 54.3 cm³/mol. The molecule has 0 atom stereocenters. The van der Waals surface area contributed by atoms with Crippen LogP contribution in [-0.4, -0.2) is 20.5 Å². The zero-order valence-corrected chi connectivity index (χ0v) is 8.05. The van der Waals surface area contributed by atoms with E-state index in [4.69, 9.17) is 0 Å². The SMILES string of the molecule is O=C(Nc1nc2ccccn2n1)C1CC1. The standard InChI is InChI=1S/C10H10N4O/c15-9(7-4-5-7)12-10-11-8-3-1-2-6-14(8)13-10/h1-3,6-7H,4-5H2,(H,12,13,15). The van der Waals surface area contributed by atoms with Crippen molar-refractivity contribution in [2.45, 2.75) is 12.8 Å². The highest BCUT2D eigenvalue weighted by Gasteiger charge is 2.30. The number of rotatable bonds is 2. The van der Waals surface area contributed by atoms with Crippen LogP contribution in [0.15, 0.2) is 24.4 Å². The summed E-state index contributed by atoms with van der Waals surface area (Å²) in [6.07, 6.45) is 3.77. The first-order valence-electron chi connectivity index (χ1n) is 4.95. The molecule has 0 aromatic carbocycles. The van der Waals surface area contributed by atoms with Gasteiger partial charge in [0.1, 0.15) is 0 Å². The third-order valence-electron chi connectivity index (χ3n) is 2.42. The van der Waals surface area contributed by atoms with Crippen molar-refractivity contribution in [3.63, 3.8) is 0 Å². The van der Waals surface area contributed by atoms with Crippen molar-refractivity contribution >= 4 is 17.5 Å². The molecule has 5 nitrogen and oxygen atoms in total. The van der Waals surface area contributed by atoms with Crippen molar-refractivity contribution in [2.24, 2.45) is 5.92 Å². The lowest BCUT2D eigenvalue weighted by Crippen LogP contribution is -2.14. The molecule has 3 rings (SSSR count). The predicted octanol–water partition coefficient (Wildman–Crippen LogP) is 1.08. The smallest absolute Gasteiger partial charge is 0.249 e. The van der Waals surface area contributed by atoms with Crippen molar-refractivity contribution in [2.75, 3.05) is 5.32 Å². The molecular formula is C10H10N4O. The number of hydrogen-bond acceptors (Lipinski definition) is 3. The number of carbonyl (C=O) groups excluding carboxylic acids is 1. The fraction of sp³-hybridized carbons (Fsp3) is 0.300. The minimum atomic E-state index is 0.0332. The molecular weight excluding hydrogens is 192 g/mol. The molecule has 5 heteroatoms. The molecule has 0 saturated heterocycles. The van der Waals surface area contributed by atoms with Gasteiger partial charge in [-0.25, -0.2) is 4.52 Å². The molecule has 76 valence electrons. The van der Waals surface area contributed by atoms with Crippen LogP contribution in [-0.2, 0) is 4.79 Å². The van der Waals surface area contributed by atoms with Crippen molar-refractivity contribution < 1.29 is 4.79 Å². The monoisotopic (exact) mass is 202 g/mol. The lowest BCUT2D eigenvalue weighted by atomic mass is 10.4. The Morgan fingerprint density at radius 2 is 2.33 bits per heavy atom. The number of anilines is 1. The summed E-state index contributed by atoms with van der Waals surface area (Å²) in [5, 5.41) is 6.85. The van der Waals surface area contributed by atoms with E-state index in [-0.39, 0.29) is 11.8 Å². The number of amides is 1. The zero-order valence-electron chi connectivity index (χ0n) is 8.05. The quantitative estimate of drug-likeness (QED) is 0.792. The number of carbonyl (C=O) groups is 1. The second-order valence-electron chi connectivity index (χ2n) is 3.70. The summed E-state index contributed by atoms with van der Waals surface area (Å²) in [5.41, 5.74) is 0.739. The van der Waals surface area contributed by atoms with Crippen molar-refractivity contribution in [3.8, 4) is 0 Å². The van der Waals surface area contributed by atoms with Gasteiger partial charge in [0, 0.05) is 12.1 Å². The van der Waals surface area contributed by atoms with Crippen molar-refractivity contribution in [1.29, 1.82) is 0 Å².